The lowest BCUT2D eigenvalue weighted by Crippen LogP contribution is -2.40. The van der Waals surface area contributed by atoms with Gasteiger partial charge in [0.1, 0.15) is 11.8 Å². The van der Waals surface area contributed by atoms with Gasteiger partial charge in [-0.2, -0.15) is 5.26 Å². The van der Waals surface area contributed by atoms with Gasteiger partial charge in [0.2, 0.25) is 0 Å². The average molecular weight is 336 g/mol. The van der Waals surface area contributed by atoms with E-state index in [1.54, 1.807) is 35.2 Å². The first kappa shape index (κ1) is 16.6. The van der Waals surface area contributed by atoms with Crippen LogP contribution >= 0.6 is 0 Å². The quantitative estimate of drug-likeness (QED) is 0.920. The molecule has 1 aliphatic rings. The van der Waals surface area contributed by atoms with E-state index in [-0.39, 0.29) is 11.6 Å². The molecule has 0 spiro atoms. The minimum atomic E-state index is -0.473. The molecule has 2 aromatic rings. The number of nitriles is 1. The Balaban J connectivity index is 1.77. The molecule has 1 fully saturated rings. The first-order valence-corrected chi connectivity index (χ1v) is 7.82. The van der Waals surface area contributed by atoms with Crippen molar-refractivity contribution in [1.29, 1.82) is 5.26 Å². The Morgan fingerprint density at radius 1 is 1.20 bits per heavy atom. The van der Waals surface area contributed by atoms with Crippen molar-refractivity contribution in [2.24, 2.45) is 0 Å². The van der Waals surface area contributed by atoms with Crippen LogP contribution in [0.3, 0.4) is 0 Å². The first-order chi connectivity index (χ1) is 12.2. The van der Waals surface area contributed by atoms with Crippen molar-refractivity contribution in [3.05, 3.63) is 59.4 Å². The maximum atomic E-state index is 12.5. The Morgan fingerprint density at radius 2 is 1.96 bits per heavy atom. The second-order valence-corrected chi connectivity index (χ2v) is 5.45. The number of nitrogens with zero attached hydrogens (tertiary/aromatic N) is 3. The number of amides is 2. The molecule has 1 saturated heterocycles. The van der Waals surface area contributed by atoms with Crippen LogP contribution in [-0.4, -0.2) is 48.0 Å². The van der Waals surface area contributed by atoms with Gasteiger partial charge >= 0.3 is 0 Å². The molecule has 25 heavy (non-hydrogen) atoms. The van der Waals surface area contributed by atoms with Crippen LogP contribution in [0.15, 0.2) is 42.6 Å². The van der Waals surface area contributed by atoms with Crippen molar-refractivity contribution < 1.29 is 14.3 Å². The highest BCUT2D eigenvalue weighted by Gasteiger charge is 2.20. The smallest absolute Gasteiger partial charge is 0.274 e. The third-order valence-electron chi connectivity index (χ3n) is 3.83. The third-order valence-corrected chi connectivity index (χ3v) is 3.83. The summed E-state index contributed by atoms with van der Waals surface area (Å²) in [6.07, 6.45) is 1.43. The lowest BCUT2D eigenvalue weighted by atomic mass is 10.1. The minimum absolute atomic E-state index is 0.117. The van der Waals surface area contributed by atoms with E-state index < -0.39 is 5.91 Å². The molecule has 7 heteroatoms. The highest BCUT2D eigenvalue weighted by atomic mass is 16.5. The Kier molecular flexibility index (Phi) is 5.02. The fraction of sp³-hybridized carbons (Fsp3) is 0.222. The van der Waals surface area contributed by atoms with Gasteiger partial charge < -0.3 is 15.0 Å². The summed E-state index contributed by atoms with van der Waals surface area (Å²) < 4.78 is 5.24. The van der Waals surface area contributed by atoms with Crippen LogP contribution in [0.4, 0.5) is 5.69 Å². The predicted octanol–water partition coefficient (Wildman–Crippen LogP) is 1.68. The molecule has 0 bridgehead atoms. The number of hydrogen-bond acceptors (Lipinski definition) is 5. The number of nitrogens with one attached hydrogen (secondary N) is 1. The first-order valence-electron chi connectivity index (χ1n) is 7.82. The van der Waals surface area contributed by atoms with E-state index in [4.69, 9.17) is 10.00 Å². The summed E-state index contributed by atoms with van der Waals surface area (Å²) in [6, 6.07) is 11.8. The zero-order valence-electron chi connectivity index (χ0n) is 13.4. The van der Waals surface area contributed by atoms with Crippen LogP contribution < -0.4 is 5.32 Å². The third kappa shape index (κ3) is 3.82. The molecule has 1 aliphatic heterocycles. The van der Waals surface area contributed by atoms with Crippen molar-refractivity contribution in [2.75, 3.05) is 31.6 Å². The standard InChI is InChI=1S/C18H16N4O3/c19-12-14-3-1-2-4-15(14)21-17(23)16-11-13(5-6-20-16)18(24)22-7-9-25-10-8-22/h1-6,11H,7-10H2,(H,21,23). The molecule has 2 heterocycles. The van der Waals surface area contributed by atoms with Gasteiger partial charge in [-0.1, -0.05) is 12.1 Å². The molecule has 1 aromatic heterocycles. The van der Waals surface area contributed by atoms with Gasteiger partial charge in [0, 0.05) is 24.8 Å². The zero-order valence-corrected chi connectivity index (χ0v) is 13.4. The average Bonchev–Trinajstić information content (AvgIpc) is 2.68. The highest BCUT2D eigenvalue weighted by molar-refractivity contribution is 6.05. The van der Waals surface area contributed by atoms with E-state index in [0.717, 1.165) is 0 Å². The molecule has 0 saturated carbocycles. The molecular weight excluding hydrogens is 320 g/mol. The Hall–Kier alpha value is -3.24. The molecule has 1 N–H and O–H groups in total. The monoisotopic (exact) mass is 336 g/mol. The van der Waals surface area contributed by atoms with Gasteiger partial charge in [0.25, 0.3) is 11.8 Å². The van der Waals surface area contributed by atoms with Gasteiger partial charge in [-0.05, 0) is 24.3 Å². The van der Waals surface area contributed by atoms with E-state index in [2.05, 4.69) is 10.3 Å². The Morgan fingerprint density at radius 3 is 2.72 bits per heavy atom. The fourth-order valence-electron chi connectivity index (χ4n) is 2.51. The lowest BCUT2D eigenvalue weighted by molar-refractivity contribution is 0.0303. The maximum Gasteiger partial charge on any atom is 0.274 e. The number of hydrogen-bond donors (Lipinski definition) is 1. The highest BCUT2D eigenvalue weighted by Crippen LogP contribution is 2.15. The fourth-order valence-corrected chi connectivity index (χ4v) is 2.51. The summed E-state index contributed by atoms with van der Waals surface area (Å²) in [7, 11) is 0. The summed E-state index contributed by atoms with van der Waals surface area (Å²) >= 11 is 0. The molecule has 3 rings (SSSR count). The summed E-state index contributed by atoms with van der Waals surface area (Å²) in [5.74, 6) is -0.628. The molecule has 7 nitrogen and oxygen atoms in total. The zero-order chi connectivity index (χ0) is 17.6. The summed E-state index contributed by atoms with van der Waals surface area (Å²) in [4.78, 5) is 30.6. The van der Waals surface area contributed by atoms with Gasteiger partial charge in [-0.3, -0.25) is 14.6 Å². The van der Waals surface area contributed by atoms with E-state index >= 15 is 0 Å². The van der Waals surface area contributed by atoms with Crippen molar-refractivity contribution in [2.45, 2.75) is 0 Å². The van der Waals surface area contributed by atoms with E-state index in [1.165, 1.54) is 12.3 Å². The number of ether oxygens (including phenoxy) is 1. The van der Waals surface area contributed by atoms with Crippen LogP contribution in [0, 0.1) is 11.3 Å². The number of carbonyl (C=O) groups is 2. The predicted molar refractivity (Wildman–Crippen MR) is 90.1 cm³/mol. The topological polar surface area (TPSA) is 95.3 Å². The second-order valence-electron chi connectivity index (χ2n) is 5.45. The largest absolute Gasteiger partial charge is 0.378 e. The van der Waals surface area contributed by atoms with Gasteiger partial charge in [0.15, 0.2) is 0 Å². The SMILES string of the molecule is N#Cc1ccccc1NC(=O)c1cc(C(=O)N2CCOCC2)ccn1. The summed E-state index contributed by atoms with van der Waals surface area (Å²) in [5, 5.41) is 11.7. The van der Waals surface area contributed by atoms with Crippen molar-refractivity contribution in [3.8, 4) is 6.07 Å². The second kappa shape index (κ2) is 7.55. The normalized spacial score (nSPS) is 13.8. The van der Waals surface area contributed by atoms with Gasteiger partial charge in [-0.15, -0.1) is 0 Å². The van der Waals surface area contributed by atoms with Crippen LogP contribution in [0.1, 0.15) is 26.4 Å². The van der Waals surface area contributed by atoms with Crippen molar-refractivity contribution >= 4 is 17.5 Å². The van der Waals surface area contributed by atoms with Gasteiger partial charge in [-0.25, -0.2) is 0 Å². The number of para-hydroxylation sites is 1. The molecule has 0 unspecified atom stereocenters. The minimum Gasteiger partial charge on any atom is -0.378 e. The number of rotatable bonds is 3. The molecule has 0 radical (unpaired) electrons. The maximum absolute atomic E-state index is 12.5. The van der Waals surface area contributed by atoms with E-state index in [1.807, 2.05) is 6.07 Å². The van der Waals surface area contributed by atoms with Crippen LogP contribution in [0.25, 0.3) is 0 Å². The lowest BCUT2D eigenvalue weighted by Gasteiger charge is -2.26. The molecule has 1 aromatic carbocycles. The number of aromatic nitrogens is 1. The molecule has 0 atom stereocenters. The van der Waals surface area contributed by atoms with Crippen LogP contribution in [-0.2, 0) is 4.74 Å². The molecule has 126 valence electrons. The summed E-state index contributed by atoms with van der Waals surface area (Å²) in [6.45, 7) is 2.07. The number of carbonyl (C=O) groups excluding carboxylic acids is 2. The van der Waals surface area contributed by atoms with Crippen LogP contribution in [0.5, 0.6) is 0 Å². The van der Waals surface area contributed by atoms with E-state index in [0.29, 0.717) is 43.1 Å². The number of morpholine rings is 1. The van der Waals surface area contributed by atoms with Crippen LogP contribution in [0.2, 0.25) is 0 Å². The molecule has 0 aliphatic carbocycles. The Bertz CT molecular complexity index is 838. The number of anilines is 1. The van der Waals surface area contributed by atoms with Gasteiger partial charge in [0.05, 0.1) is 24.5 Å². The van der Waals surface area contributed by atoms with E-state index in [9.17, 15) is 9.59 Å². The van der Waals surface area contributed by atoms with Crippen molar-refractivity contribution in [1.82, 2.24) is 9.88 Å². The molecular formula is C18H16N4O3. The number of benzene rings is 1. The Labute approximate surface area is 144 Å². The number of pyridine rings is 1. The summed E-state index contributed by atoms with van der Waals surface area (Å²) in [5.41, 5.74) is 1.28. The molecule has 2 amide bonds. The van der Waals surface area contributed by atoms with Crippen molar-refractivity contribution in [3.63, 3.8) is 0 Å².